The van der Waals surface area contributed by atoms with Gasteiger partial charge in [0.15, 0.2) is 0 Å². The van der Waals surface area contributed by atoms with Gasteiger partial charge in [0.25, 0.3) is 0 Å². The van der Waals surface area contributed by atoms with Gasteiger partial charge in [-0.05, 0) is 12.8 Å². The Labute approximate surface area is 83.1 Å². The van der Waals surface area contributed by atoms with Crippen LogP contribution in [0.25, 0.3) is 0 Å². The fourth-order valence-electron chi connectivity index (χ4n) is 2.03. The van der Waals surface area contributed by atoms with Gasteiger partial charge in [-0.15, -0.1) is 21.8 Å². The fourth-order valence-corrected chi connectivity index (χ4v) is 2.26. The first kappa shape index (κ1) is 9.00. The standard InChI is InChI=1S/C9H14ClN3/c1-13-8(6-10)11-12-9(13)7-4-2-3-5-7/h7H,2-6H2,1H3. The van der Waals surface area contributed by atoms with Crippen LogP contribution >= 0.6 is 11.6 Å². The summed E-state index contributed by atoms with van der Waals surface area (Å²) in [5, 5.41) is 8.26. The highest BCUT2D eigenvalue weighted by atomic mass is 35.5. The maximum atomic E-state index is 5.73. The molecule has 0 N–H and O–H groups in total. The van der Waals surface area contributed by atoms with E-state index >= 15 is 0 Å². The number of rotatable bonds is 2. The van der Waals surface area contributed by atoms with Crippen LogP contribution in [0, 0.1) is 0 Å². The smallest absolute Gasteiger partial charge is 0.147 e. The Kier molecular flexibility index (Phi) is 2.54. The third kappa shape index (κ3) is 1.57. The van der Waals surface area contributed by atoms with Crippen LogP contribution in [0.1, 0.15) is 43.3 Å². The van der Waals surface area contributed by atoms with Crippen LogP contribution in [0.4, 0.5) is 0 Å². The molecule has 0 unspecified atom stereocenters. The van der Waals surface area contributed by atoms with Crippen LogP contribution < -0.4 is 0 Å². The van der Waals surface area contributed by atoms with Gasteiger partial charge in [-0.2, -0.15) is 0 Å². The van der Waals surface area contributed by atoms with E-state index in [1.165, 1.54) is 25.7 Å². The lowest BCUT2D eigenvalue weighted by Gasteiger charge is -2.07. The van der Waals surface area contributed by atoms with Crippen LogP contribution in [-0.2, 0) is 12.9 Å². The summed E-state index contributed by atoms with van der Waals surface area (Å²) in [4.78, 5) is 0. The van der Waals surface area contributed by atoms with Crippen molar-refractivity contribution in [2.45, 2.75) is 37.5 Å². The molecule has 1 aliphatic rings. The van der Waals surface area contributed by atoms with Crippen LogP contribution in [0.5, 0.6) is 0 Å². The zero-order valence-electron chi connectivity index (χ0n) is 7.83. The molecular formula is C9H14ClN3. The van der Waals surface area contributed by atoms with Crippen molar-refractivity contribution in [3.8, 4) is 0 Å². The summed E-state index contributed by atoms with van der Waals surface area (Å²) in [7, 11) is 2.01. The van der Waals surface area contributed by atoms with E-state index in [0.29, 0.717) is 11.8 Å². The van der Waals surface area contributed by atoms with Crippen molar-refractivity contribution in [3.05, 3.63) is 11.6 Å². The molecule has 1 saturated carbocycles. The molecule has 2 rings (SSSR count). The number of hydrogen-bond donors (Lipinski definition) is 0. The largest absolute Gasteiger partial charge is 0.317 e. The average Bonchev–Trinajstić information content (AvgIpc) is 2.72. The van der Waals surface area contributed by atoms with Gasteiger partial charge >= 0.3 is 0 Å². The van der Waals surface area contributed by atoms with Crippen LogP contribution in [0.3, 0.4) is 0 Å². The van der Waals surface area contributed by atoms with Crippen molar-refractivity contribution in [3.63, 3.8) is 0 Å². The number of alkyl halides is 1. The lowest BCUT2D eigenvalue weighted by Crippen LogP contribution is -2.04. The molecule has 0 aliphatic heterocycles. The summed E-state index contributed by atoms with van der Waals surface area (Å²) >= 11 is 5.73. The molecule has 1 heterocycles. The molecule has 0 atom stereocenters. The average molecular weight is 200 g/mol. The van der Waals surface area contributed by atoms with E-state index in [1.54, 1.807) is 0 Å². The first-order valence-electron chi connectivity index (χ1n) is 4.77. The van der Waals surface area contributed by atoms with E-state index in [2.05, 4.69) is 10.2 Å². The Morgan fingerprint density at radius 1 is 1.38 bits per heavy atom. The van der Waals surface area contributed by atoms with Gasteiger partial charge in [-0.25, -0.2) is 0 Å². The Morgan fingerprint density at radius 3 is 2.62 bits per heavy atom. The highest BCUT2D eigenvalue weighted by Crippen LogP contribution is 2.32. The Balaban J connectivity index is 2.24. The second-order valence-corrected chi connectivity index (χ2v) is 3.92. The van der Waals surface area contributed by atoms with Crippen molar-refractivity contribution in [2.24, 2.45) is 7.05 Å². The quantitative estimate of drug-likeness (QED) is 0.684. The second-order valence-electron chi connectivity index (χ2n) is 3.65. The highest BCUT2D eigenvalue weighted by molar-refractivity contribution is 6.16. The van der Waals surface area contributed by atoms with Crippen molar-refractivity contribution in [1.29, 1.82) is 0 Å². The molecule has 0 aromatic carbocycles. The molecule has 72 valence electrons. The van der Waals surface area contributed by atoms with Crippen molar-refractivity contribution < 1.29 is 0 Å². The second kappa shape index (κ2) is 3.66. The minimum absolute atomic E-state index is 0.455. The molecule has 1 aromatic rings. The summed E-state index contributed by atoms with van der Waals surface area (Å²) in [6, 6.07) is 0. The number of nitrogens with zero attached hydrogens (tertiary/aromatic N) is 3. The molecule has 0 spiro atoms. The first-order valence-corrected chi connectivity index (χ1v) is 5.30. The summed E-state index contributed by atoms with van der Waals surface area (Å²) in [5.74, 6) is 3.07. The molecule has 0 radical (unpaired) electrons. The van der Waals surface area contributed by atoms with Crippen LogP contribution in [0.2, 0.25) is 0 Å². The summed E-state index contributed by atoms with van der Waals surface area (Å²) < 4.78 is 2.04. The minimum atomic E-state index is 0.455. The molecule has 0 amide bonds. The maximum absolute atomic E-state index is 5.73. The number of hydrogen-bond acceptors (Lipinski definition) is 2. The van der Waals surface area contributed by atoms with Gasteiger partial charge in [-0.3, -0.25) is 0 Å². The van der Waals surface area contributed by atoms with Gasteiger partial charge in [0, 0.05) is 13.0 Å². The van der Waals surface area contributed by atoms with E-state index < -0.39 is 0 Å². The molecule has 0 bridgehead atoms. The zero-order valence-corrected chi connectivity index (χ0v) is 8.59. The molecule has 1 fully saturated rings. The molecule has 0 saturated heterocycles. The Hall–Kier alpha value is -0.570. The monoisotopic (exact) mass is 199 g/mol. The number of halogens is 1. The van der Waals surface area contributed by atoms with Crippen molar-refractivity contribution in [2.75, 3.05) is 0 Å². The molecule has 1 aromatic heterocycles. The van der Waals surface area contributed by atoms with E-state index in [-0.39, 0.29) is 0 Å². The topological polar surface area (TPSA) is 30.7 Å². The van der Waals surface area contributed by atoms with Gasteiger partial charge in [0.05, 0.1) is 5.88 Å². The Bertz CT molecular complexity index is 289. The minimum Gasteiger partial charge on any atom is -0.317 e. The van der Waals surface area contributed by atoms with Gasteiger partial charge in [0.1, 0.15) is 11.6 Å². The van der Waals surface area contributed by atoms with Gasteiger partial charge < -0.3 is 4.57 Å². The third-order valence-corrected chi connectivity index (χ3v) is 3.08. The van der Waals surface area contributed by atoms with Crippen molar-refractivity contribution >= 4 is 11.6 Å². The van der Waals surface area contributed by atoms with E-state index in [4.69, 9.17) is 11.6 Å². The van der Waals surface area contributed by atoms with E-state index in [9.17, 15) is 0 Å². The summed E-state index contributed by atoms with van der Waals surface area (Å²) in [6.07, 6.45) is 5.17. The normalized spacial score (nSPS) is 18.3. The predicted octanol–water partition coefficient (Wildman–Crippen LogP) is 2.21. The summed E-state index contributed by atoms with van der Waals surface area (Å²) in [6.45, 7) is 0. The lowest BCUT2D eigenvalue weighted by atomic mass is 10.1. The van der Waals surface area contributed by atoms with E-state index in [0.717, 1.165) is 11.6 Å². The lowest BCUT2D eigenvalue weighted by molar-refractivity contribution is 0.625. The van der Waals surface area contributed by atoms with Crippen molar-refractivity contribution in [1.82, 2.24) is 14.8 Å². The molecule has 1 aliphatic carbocycles. The maximum Gasteiger partial charge on any atom is 0.147 e. The first-order chi connectivity index (χ1) is 6.33. The zero-order chi connectivity index (χ0) is 9.26. The SMILES string of the molecule is Cn1c(CCl)nnc1C1CCCC1. The molecule has 13 heavy (non-hydrogen) atoms. The van der Waals surface area contributed by atoms with Gasteiger partial charge in [-0.1, -0.05) is 12.8 Å². The van der Waals surface area contributed by atoms with Crippen LogP contribution in [0.15, 0.2) is 0 Å². The van der Waals surface area contributed by atoms with Crippen LogP contribution in [-0.4, -0.2) is 14.8 Å². The summed E-state index contributed by atoms with van der Waals surface area (Å²) in [5.41, 5.74) is 0. The Morgan fingerprint density at radius 2 is 2.08 bits per heavy atom. The highest BCUT2D eigenvalue weighted by Gasteiger charge is 2.22. The molecule has 4 heteroatoms. The third-order valence-electron chi connectivity index (χ3n) is 2.84. The fraction of sp³-hybridized carbons (Fsp3) is 0.778. The molecular weight excluding hydrogens is 186 g/mol. The van der Waals surface area contributed by atoms with E-state index in [1.807, 2.05) is 11.6 Å². The molecule has 3 nitrogen and oxygen atoms in total. The predicted molar refractivity (Wildman–Crippen MR) is 51.8 cm³/mol. The number of aromatic nitrogens is 3. The van der Waals surface area contributed by atoms with Gasteiger partial charge in [0.2, 0.25) is 0 Å².